The van der Waals surface area contributed by atoms with Gasteiger partial charge in [0.15, 0.2) is 0 Å². The fraction of sp³-hybridized carbons (Fsp3) is 0.385. The molecule has 1 aliphatic rings. The maximum absolute atomic E-state index is 13.0. The Bertz CT molecular complexity index is 557. The molecular formula is C13H15FN4O. The van der Waals surface area contributed by atoms with Crippen molar-refractivity contribution in [2.24, 2.45) is 0 Å². The average molecular weight is 262 g/mol. The molecule has 0 radical (unpaired) electrons. The van der Waals surface area contributed by atoms with Gasteiger partial charge in [0.2, 0.25) is 0 Å². The van der Waals surface area contributed by atoms with Crippen LogP contribution in [0.5, 0.6) is 0 Å². The number of nitrogens with one attached hydrogen (secondary N) is 1. The van der Waals surface area contributed by atoms with Gasteiger partial charge in [0.25, 0.3) is 0 Å². The van der Waals surface area contributed by atoms with Gasteiger partial charge in [0, 0.05) is 13.1 Å². The molecule has 1 aromatic carbocycles. The molecule has 1 aliphatic heterocycles. The van der Waals surface area contributed by atoms with Gasteiger partial charge in [-0.25, -0.2) is 9.07 Å². The van der Waals surface area contributed by atoms with Crippen molar-refractivity contribution < 1.29 is 9.13 Å². The minimum Gasteiger partial charge on any atom is -0.369 e. The third kappa shape index (κ3) is 2.97. The second-order valence-corrected chi connectivity index (χ2v) is 4.60. The van der Waals surface area contributed by atoms with Gasteiger partial charge in [-0.05, 0) is 17.7 Å². The van der Waals surface area contributed by atoms with Crippen molar-refractivity contribution >= 4 is 0 Å². The van der Waals surface area contributed by atoms with Gasteiger partial charge in [-0.1, -0.05) is 17.3 Å². The van der Waals surface area contributed by atoms with Crippen molar-refractivity contribution in [3.63, 3.8) is 0 Å². The van der Waals surface area contributed by atoms with E-state index in [-0.39, 0.29) is 11.9 Å². The maximum atomic E-state index is 13.0. The molecule has 100 valence electrons. The van der Waals surface area contributed by atoms with Gasteiger partial charge in [0.1, 0.15) is 5.82 Å². The number of fused-ring (bicyclic) bond motifs is 1. The van der Waals surface area contributed by atoms with E-state index in [1.807, 2.05) is 10.7 Å². The number of aromatic nitrogens is 3. The van der Waals surface area contributed by atoms with Gasteiger partial charge in [0.05, 0.1) is 31.1 Å². The first kappa shape index (κ1) is 12.3. The molecular weight excluding hydrogens is 247 g/mol. The lowest BCUT2D eigenvalue weighted by molar-refractivity contribution is 0.000979. The molecule has 0 fully saturated rings. The minimum absolute atomic E-state index is 0.0720. The Kier molecular flexibility index (Phi) is 3.52. The highest BCUT2D eigenvalue weighted by molar-refractivity contribution is 5.15. The van der Waals surface area contributed by atoms with E-state index in [1.165, 1.54) is 12.1 Å². The zero-order valence-electron chi connectivity index (χ0n) is 10.4. The quantitative estimate of drug-likeness (QED) is 0.896. The third-order valence-electron chi connectivity index (χ3n) is 3.13. The van der Waals surface area contributed by atoms with Gasteiger partial charge in [-0.15, -0.1) is 5.10 Å². The molecule has 1 aromatic heterocycles. The summed E-state index contributed by atoms with van der Waals surface area (Å²) in [6.07, 6.45) is 1.79. The van der Waals surface area contributed by atoms with Crippen LogP contribution in [0.4, 0.5) is 4.39 Å². The SMILES string of the molecule is Fc1cccc(CNC[C@H]2Cn3nncc3CO2)c1. The zero-order chi connectivity index (χ0) is 13.1. The van der Waals surface area contributed by atoms with Crippen LogP contribution in [0, 0.1) is 5.82 Å². The summed E-state index contributed by atoms with van der Waals surface area (Å²) < 4.78 is 20.6. The van der Waals surface area contributed by atoms with Crippen molar-refractivity contribution in [1.82, 2.24) is 20.3 Å². The van der Waals surface area contributed by atoms with Crippen molar-refractivity contribution in [3.05, 3.63) is 47.5 Å². The van der Waals surface area contributed by atoms with Crippen molar-refractivity contribution in [2.75, 3.05) is 6.54 Å². The van der Waals surface area contributed by atoms with E-state index in [4.69, 9.17) is 4.74 Å². The van der Waals surface area contributed by atoms with Gasteiger partial charge < -0.3 is 10.1 Å². The first-order valence-electron chi connectivity index (χ1n) is 6.25. The lowest BCUT2D eigenvalue weighted by Crippen LogP contribution is -2.36. The number of nitrogens with zero attached hydrogens (tertiary/aromatic N) is 3. The Balaban J connectivity index is 1.49. The molecule has 0 saturated carbocycles. The Labute approximate surface area is 110 Å². The summed E-state index contributed by atoms with van der Waals surface area (Å²) in [5.74, 6) is -0.208. The molecule has 2 heterocycles. The lowest BCUT2D eigenvalue weighted by atomic mass is 10.2. The summed E-state index contributed by atoms with van der Waals surface area (Å²) in [6, 6.07) is 6.59. The van der Waals surface area contributed by atoms with Crippen LogP contribution in [0.1, 0.15) is 11.3 Å². The summed E-state index contributed by atoms with van der Waals surface area (Å²) >= 11 is 0. The maximum Gasteiger partial charge on any atom is 0.123 e. The second kappa shape index (κ2) is 5.46. The van der Waals surface area contributed by atoms with Crippen LogP contribution < -0.4 is 5.32 Å². The molecule has 2 aromatic rings. The molecule has 0 unspecified atom stereocenters. The van der Waals surface area contributed by atoms with Crippen LogP contribution in [0.3, 0.4) is 0 Å². The smallest absolute Gasteiger partial charge is 0.123 e. The van der Waals surface area contributed by atoms with Crippen LogP contribution >= 0.6 is 0 Å². The molecule has 0 saturated heterocycles. The topological polar surface area (TPSA) is 52.0 Å². The Morgan fingerprint density at radius 1 is 1.47 bits per heavy atom. The highest BCUT2D eigenvalue weighted by Gasteiger charge is 2.19. The molecule has 3 rings (SSSR count). The van der Waals surface area contributed by atoms with E-state index in [0.29, 0.717) is 26.2 Å². The fourth-order valence-corrected chi connectivity index (χ4v) is 2.14. The summed E-state index contributed by atoms with van der Waals surface area (Å²) in [7, 11) is 0. The number of hydrogen-bond acceptors (Lipinski definition) is 4. The average Bonchev–Trinajstić information content (AvgIpc) is 2.86. The Morgan fingerprint density at radius 2 is 2.42 bits per heavy atom. The van der Waals surface area contributed by atoms with Crippen molar-refractivity contribution in [3.8, 4) is 0 Å². The third-order valence-corrected chi connectivity index (χ3v) is 3.13. The van der Waals surface area contributed by atoms with Crippen LogP contribution in [-0.2, 0) is 24.4 Å². The van der Waals surface area contributed by atoms with E-state index in [0.717, 1.165) is 11.3 Å². The van der Waals surface area contributed by atoms with Gasteiger partial charge in [-0.3, -0.25) is 0 Å². The Morgan fingerprint density at radius 3 is 3.32 bits per heavy atom. The largest absolute Gasteiger partial charge is 0.369 e. The van der Waals surface area contributed by atoms with E-state index in [9.17, 15) is 4.39 Å². The standard InChI is InChI=1S/C13H15FN4O/c14-11-3-1-2-10(4-11)5-15-7-13-8-18-12(9-19-13)6-16-17-18/h1-4,6,13,15H,5,7-9H2/t13-/m0/s1. The lowest BCUT2D eigenvalue weighted by Gasteiger charge is -2.23. The van der Waals surface area contributed by atoms with Crippen LogP contribution in [0.25, 0.3) is 0 Å². The molecule has 0 amide bonds. The molecule has 1 atom stereocenters. The molecule has 19 heavy (non-hydrogen) atoms. The highest BCUT2D eigenvalue weighted by atomic mass is 19.1. The van der Waals surface area contributed by atoms with E-state index in [1.54, 1.807) is 12.3 Å². The summed E-state index contributed by atoms with van der Waals surface area (Å²) in [5.41, 5.74) is 1.93. The normalized spacial score (nSPS) is 18.3. The fourth-order valence-electron chi connectivity index (χ4n) is 2.14. The monoisotopic (exact) mass is 262 g/mol. The van der Waals surface area contributed by atoms with Crippen molar-refractivity contribution in [1.29, 1.82) is 0 Å². The predicted molar refractivity (Wildman–Crippen MR) is 66.7 cm³/mol. The van der Waals surface area contributed by atoms with Crippen molar-refractivity contribution in [2.45, 2.75) is 25.8 Å². The number of halogens is 1. The van der Waals surface area contributed by atoms with Crippen LogP contribution in [-0.4, -0.2) is 27.6 Å². The highest BCUT2D eigenvalue weighted by Crippen LogP contribution is 2.11. The molecule has 0 bridgehead atoms. The van der Waals surface area contributed by atoms with E-state index < -0.39 is 0 Å². The van der Waals surface area contributed by atoms with Crippen LogP contribution in [0.15, 0.2) is 30.5 Å². The second-order valence-electron chi connectivity index (χ2n) is 4.60. The van der Waals surface area contributed by atoms with Gasteiger partial charge in [-0.2, -0.15) is 0 Å². The predicted octanol–water partition coefficient (Wildman–Crippen LogP) is 1.11. The molecule has 0 aliphatic carbocycles. The van der Waals surface area contributed by atoms with Crippen LogP contribution in [0.2, 0.25) is 0 Å². The number of ether oxygens (including phenoxy) is 1. The van der Waals surface area contributed by atoms with E-state index >= 15 is 0 Å². The summed E-state index contributed by atoms with van der Waals surface area (Å²) in [6.45, 7) is 2.57. The summed E-state index contributed by atoms with van der Waals surface area (Å²) in [4.78, 5) is 0. The molecule has 6 heteroatoms. The zero-order valence-corrected chi connectivity index (χ0v) is 10.4. The Hall–Kier alpha value is -1.79. The molecule has 0 spiro atoms. The molecule has 5 nitrogen and oxygen atoms in total. The minimum atomic E-state index is -0.208. The number of benzene rings is 1. The van der Waals surface area contributed by atoms with E-state index in [2.05, 4.69) is 15.6 Å². The first-order chi connectivity index (χ1) is 9.31. The molecule has 1 N–H and O–H groups in total. The van der Waals surface area contributed by atoms with Gasteiger partial charge >= 0.3 is 0 Å². The summed E-state index contributed by atoms with van der Waals surface area (Å²) in [5, 5.41) is 11.1. The first-order valence-corrected chi connectivity index (χ1v) is 6.25. The number of hydrogen-bond donors (Lipinski definition) is 1. The number of rotatable bonds is 4.